The van der Waals surface area contributed by atoms with Crippen molar-refractivity contribution in [1.29, 1.82) is 0 Å². The summed E-state index contributed by atoms with van der Waals surface area (Å²) in [5.41, 5.74) is 3.58. The predicted molar refractivity (Wildman–Crippen MR) is 106 cm³/mol. The van der Waals surface area contributed by atoms with Crippen LogP contribution in [-0.4, -0.2) is 39.7 Å². The molecule has 0 saturated carbocycles. The molecule has 3 heterocycles. The van der Waals surface area contributed by atoms with Crippen molar-refractivity contribution in [2.45, 2.75) is 4.90 Å². The van der Waals surface area contributed by atoms with E-state index >= 15 is 0 Å². The zero-order valence-electron chi connectivity index (χ0n) is 14.3. The molecule has 138 valence electrons. The molecule has 1 fully saturated rings. The quantitative estimate of drug-likeness (QED) is 0.675. The molecular weight excluding hydrogens is 386 g/mol. The highest BCUT2D eigenvalue weighted by molar-refractivity contribution is 7.93. The van der Waals surface area contributed by atoms with E-state index in [1.807, 2.05) is 24.3 Å². The minimum absolute atomic E-state index is 0.278. The number of fused-ring (bicyclic) bond motifs is 5. The lowest BCUT2D eigenvalue weighted by Gasteiger charge is -2.30. The van der Waals surface area contributed by atoms with Crippen LogP contribution in [0, 0.1) is 0 Å². The van der Waals surface area contributed by atoms with Crippen molar-refractivity contribution in [1.82, 2.24) is 4.98 Å². The summed E-state index contributed by atoms with van der Waals surface area (Å²) in [7, 11) is -3.67. The van der Waals surface area contributed by atoms with Gasteiger partial charge in [-0.2, -0.15) is 0 Å². The van der Waals surface area contributed by atoms with Crippen LogP contribution in [0.5, 0.6) is 0 Å². The van der Waals surface area contributed by atoms with Crippen molar-refractivity contribution in [3.05, 3.63) is 47.6 Å². The molecule has 2 aliphatic rings. The molecule has 0 aliphatic carbocycles. The van der Waals surface area contributed by atoms with Crippen molar-refractivity contribution < 1.29 is 13.2 Å². The lowest BCUT2D eigenvalue weighted by molar-refractivity contribution is 0.122. The number of nitrogens with zero attached hydrogens (tertiary/aromatic N) is 2. The fourth-order valence-electron chi connectivity index (χ4n) is 3.67. The van der Waals surface area contributed by atoms with Crippen LogP contribution < -0.4 is 9.62 Å². The summed E-state index contributed by atoms with van der Waals surface area (Å²) in [5, 5.41) is 1.30. The molecule has 1 saturated heterocycles. The van der Waals surface area contributed by atoms with Gasteiger partial charge in [-0.1, -0.05) is 23.7 Å². The van der Waals surface area contributed by atoms with Crippen LogP contribution in [0.25, 0.3) is 22.0 Å². The molecule has 27 heavy (non-hydrogen) atoms. The molecule has 2 aliphatic heterocycles. The Kier molecular flexibility index (Phi) is 3.79. The summed E-state index contributed by atoms with van der Waals surface area (Å²) in [5.74, 6) is 0. The molecule has 0 radical (unpaired) electrons. The smallest absolute Gasteiger partial charge is 0.262 e. The second-order valence-corrected chi connectivity index (χ2v) is 8.69. The number of halogens is 1. The summed E-state index contributed by atoms with van der Waals surface area (Å²) in [6, 6.07) is 11.1. The van der Waals surface area contributed by atoms with Crippen molar-refractivity contribution in [3.8, 4) is 11.1 Å². The summed E-state index contributed by atoms with van der Waals surface area (Å²) in [4.78, 5) is 6.84. The third-order valence-corrected chi connectivity index (χ3v) is 6.59. The third-order valence-electron chi connectivity index (χ3n) is 4.97. The van der Waals surface area contributed by atoms with Gasteiger partial charge >= 0.3 is 0 Å². The van der Waals surface area contributed by atoms with E-state index in [1.54, 1.807) is 12.1 Å². The van der Waals surface area contributed by atoms with E-state index in [0.717, 1.165) is 29.7 Å². The maximum absolute atomic E-state index is 12.8. The molecule has 8 heteroatoms. The van der Waals surface area contributed by atoms with Gasteiger partial charge in [0, 0.05) is 41.5 Å². The summed E-state index contributed by atoms with van der Waals surface area (Å²) in [6.07, 6.45) is 1.53. The Morgan fingerprint density at radius 1 is 1.07 bits per heavy atom. The number of ether oxygens (including phenoxy) is 1. The molecule has 0 bridgehead atoms. The number of morpholine rings is 1. The molecule has 2 aromatic carbocycles. The van der Waals surface area contributed by atoms with Gasteiger partial charge in [0.25, 0.3) is 10.0 Å². The van der Waals surface area contributed by atoms with Gasteiger partial charge in [0.05, 0.1) is 34.3 Å². The highest BCUT2D eigenvalue weighted by Gasteiger charge is 2.30. The zero-order valence-corrected chi connectivity index (χ0v) is 15.8. The Hall–Kier alpha value is -2.35. The van der Waals surface area contributed by atoms with E-state index in [1.165, 1.54) is 6.20 Å². The minimum Gasteiger partial charge on any atom is -0.378 e. The number of sulfonamides is 1. The maximum atomic E-state index is 12.8. The fraction of sp³-hybridized carbons (Fsp3) is 0.211. The summed E-state index contributed by atoms with van der Waals surface area (Å²) in [6.45, 7) is 2.91. The number of hydrogen-bond acceptors (Lipinski definition) is 5. The van der Waals surface area contributed by atoms with Crippen LogP contribution in [-0.2, 0) is 14.8 Å². The summed E-state index contributed by atoms with van der Waals surface area (Å²) < 4.78 is 33.8. The van der Waals surface area contributed by atoms with Gasteiger partial charge < -0.3 is 9.64 Å². The Bertz CT molecular complexity index is 1170. The largest absolute Gasteiger partial charge is 0.378 e. The Balaban J connectivity index is 1.74. The van der Waals surface area contributed by atoms with Crippen molar-refractivity contribution in [2.24, 2.45) is 0 Å². The number of pyridine rings is 1. The number of nitrogens with one attached hydrogen (secondary N) is 1. The topological polar surface area (TPSA) is 71.5 Å². The normalized spacial score (nSPS) is 17.9. The highest BCUT2D eigenvalue weighted by Crippen LogP contribution is 2.44. The standard InChI is InChI=1S/C19H16ClN3O3S/c20-13-9-12-1-3-15-16-10-14(23-5-7-26-8-6-23)2-4-17(16)27(24,25)22-19(15)18(12)21-11-13/h1-4,9-11,22H,5-8H2. The average molecular weight is 402 g/mol. The third kappa shape index (κ3) is 2.74. The molecular formula is C19H16ClN3O3S. The first kappa shape index (κ1) is 16.8. The summed E-state index contributed by atoms with van der Waals surface area (Å²) >= 11 is 6.03. The predicted octanol–water partition coefficient (Wildman–Crippen LogP) is 3.51. The van der Waals surface area contributed by atoms with Gasteiger partial charge in [-0.25, -0.2) is 8.42 Å². The molecule has 0 spiro atoms. The van der Waals surface area contributed by atoms with Crippen LogP contribution in [0.15, 0.2) is 47.5 Å². The zero-order chi connectivity index (χ0) is 18.6. The maximum Gasteiger partial charge on any atom is 0.262 e. The highest BCUT2D eigenvalue weighted by atomic mass is 35.5. The van der Waals surface area contributed by atoms with Crippen molar-refractivity contribution in [2.75, 3.05) is 35.9 Å². The van der Waals surface area contributed by atoms with Gasteiger partial charge in [0.1, 0.15) is 0 Å². The first-order chi connectivity index (χ1) is 13.0. The lowest BCUT2D eigenvalue weighted by Crippen LogP contribution is -2.36. The Morgan fingerprint density at radius 3 is 2.70 bits per heavy atom. The van der Waals surface area contributed by atoms with Crippen LogP contribution in [0.4, 0.5) is 11.4 Å². The van der Waals surface area contributed by atoms with E-state index in [2.05, 4.69) is 14.6 Å². The first-order valence-electron chi connectivity index (χ1n) is 8.61. The van der Waals surface area contributed by atoms with Gasteiger partial charge in [0.2, 0.25) is 0 Å². The van der Waals surface area contributed by atoms with Crippen molar-refractivity contribution >= 4 is 43.9 Å². The first-order valence-corrected chi connectivity index (χ1v) is 10.5. The second-order valence-electron chi connectivity index (χ2n) is 6.60. The van der Waals surface area contributed by atoms with Gasteiger partial charge in [-0.3, -0.25) is 9.71 Å². The number of benzene rings is 2. The number of anilines is 2. The Labute approximate surface area is 161 Å². The fourth-order valence-corrected chi connectivity index (χ4v) is 5.13. The molecule has 0 atom stereocenters. The SMILES string of the molecule is O=S1(=O)Nc2c(ccc3cc(Cl)cnc23)-c2cc(N3CCOCC3)ccc21. The van der Waals surface area contributed by atoms with Crippen LogP contribution in [0.1, 0.15) is 0 Å². The van der Waals surface area contributed by atoms with Gasteiger partial charge in [0.15, 0.2) is 0 Å². The molecule has 5 rings (SSSR count). The number of hydrogen-bond donors (Lipinski definition) is 1. The molecule has 3 aromatic rings. The van der Waals surface area contributed by atoms with E-state index < -0.39 is 10.0 Å². The van der Waals surface area contributed by atoms with E-state index in [-0.39, 0.29) is 4.90 Å². The van der Waals surface area contributed by atoms with Gasteiger partial charge in [-0.15, -0.1) is 0 Å². The second kappa shape index (κ2) is 6.09. The van der Waals surface area contributed by atoms with E-state index in [4.69, 9.17) is 16.3 Å². The van der Waals surface area contributed by atoms with Crippen molar-refractivity contribution in [3.63, 3.8) is 0 Å². The minimum atomic E-state index is -3.67. The monoisotopic (exact) mass is 401 g/mol. The molecule has 1 N–H and O–H groups in total. The van der Waals surface area contributed by atoms with Gasteiger partial charge in [-0.05, 0) is 24.3 Å². The van der Waals surface area contributed by atoms with Crippen LogP contribution >= 0.6 is 11.6 Å². The van der Waals surface area contributed by atoms with Crippen LogP contribution in [0.2, 0.25) is 5.02 Å². The van der Waals surface area contributed by atoms with E-state index in [0.29, 0.717) is 35.0 Å². The molecule has 6 nitrogen and oxygen atoms in total. The molecule has 0 unspecified atom stereocenters. The number of rotatable bonds is 1. The number of aromatic nitrogens is 1. The lowest BCUT2D eigenvalue weighted by atomic mass is 10.00. The molecule has 1 aromatic heterocycles. The van der Waals surface area contributed by atoms with E-state index in [9.17, 15) is 8.42 Å². The van der Waals surface area contributed by atoms with Crippen LogP contribution in [0.3, 0.4) is 0 Å². The Morgan fingerprint density at radius 2 is 1.89 bits per heavy atom. The molecule has 0 amide bonds. The average Bonchev–Trinajstić information content (AvgIpc) is 2.67.